The molecule has 6 heteroatoms. The maximum atomic E-state index is 10.9. The standard InChI is InChI=1S/C10H14N2O4/c1-8(2)9(13)15-7-5-12-4-3-6-16-10(11)14/h1,3,5-7H2,2H3,(H-,11,14)/p+1. The molecule has 0 aromatic carbocycles. The van der Waals surface area contributed by atoms with Crippen molar-refractivity contribution >= 4 is 12.1 Å². The number of primary amides is 1. The van der Waals surface area contributed by atoms with Crippen molar-refractivity contribution in [1.82, 2.24) is 0 Å². The van der Waals surface area contributed by atoms with Crippen molar-refractivity contribution in [1.29, 1.82) is 0 Å². The summed E-state index contributed by atoms with van der Waals surface area (Å²) in [6.45, 7) is 5.63. The van der Waals surface area contributed by atoms with Crippen LogP contribution in [0.15, 0.2) is 12.2 Å². The summed E-state index contributed by atoms with van der Waals surface area (Å²) in [7, 11) is 0. The van der Waals surface area contributed by atoms with Crippen LogP contribution in [-0.4, -0.2) is 31.8 Å². The molecule has 0 aromatic heterocycles. The lowest BCUT2D eigenvalue weighted by molar-refractivity contribution is -0.138. The molecule has 0 aliphatic rings. The molecule has 0 spiro atoms. The summed E-state index contributed by atoms with van der Waals surface area (Å²) in [6.07, 6.45) is -0.464. The number of nitrogens with zero attached hydrogens (tertiary/aromatic N) is 1. The van der Waals surface area contributed by atoms with E-state index >= 15 is 0 Å². The van der Waals surface area contributed by atoms with Gasteiger partial charge < -0.3 is 15.2 Å². The first-order chi connectivity index (χ1) is 7.54. The van der Waals surface area contributed by atoms with Gasteiger partial charge in [-0.1, -0.05) is 11.4 Å². The highest BCUT2D eigenvalue weighted by molar-refractivity contribution is 5.86. The van der Waals surface area contributed by atoms with Crippen LogP contribution < -0.4 is 5.73 Å². The Morgan fingerprint density at radius 2 is 2.06 bits per heavy atom. The number of ether oxygens (including phenoxy) is 2. The molecule has 0 radical (unpaired) electrons. The average Bonchev–Trinajstić information content (AvgIpc) is 2.21. The summed E-state index contributed by atoms with van der Waals surface area (Å²) in [5.74, 6) is -0.438. The minimum absolute atomic E-state index is 0.143. The van der Waals surface area contributed by atoms with E-state index in [9.17, 15) is 9.59 Å². The molecule has 0 saturated carbocycles. The second-order valence-electron chi connectivity index (χ2n) is 2.87. The van der Waals surface area contributed by atoms with Crippen molar-refractivity contribution in [3.05, 3.63) is 17.0 Å². The van der Waals surface area contributed by atoms with E-state index in [1.165, 1.54) is 0 Å². The van der Waals surface area contributed by atoms with E-state index in [2.05, 4.69) is 22.2 Å². The summed E-state index contributed by atoms with van der Waals surface area (Å²) >= 11 is 0. The number of nitrogens with two attached hydrogens (primary N) is 1. The highest BCUT2D eigenvalue weighted by Gasteiger charge is 2.03. The first-order valence-corrected chi connectivity index (χ1v) is 4.68. The van der Waals surface area contributed by atoms with Crippen molar-refractivity contribution in [2.75, 3.05) is 19.8 Å². The third-order valence-electron chi connectivity index (χ3n) is 1.35. The van der Waals surface area contributed by atoms with Gasteiger partial charge in [0.2, 0.25) is 0 Å². The van der Waals surface area contributed by atoms with Gasteiger partial charge in [-0.2, -0.15) is 0 Å². The largest absolute Gasteiger partial charge is 0.454 e. The summed E-state index contributed by atoms with van der Waals surface area (Å²) < 4.78 is 9.21. The van der Waals surface area contributed by atoms with Gasteiger partial charge in [-0.15, -0.1) is 0 Å². The maximum absolute atomic E-state index is 10.9. The minimum atomic E-state index is -0.822. The fraction of sp³-hybridized carbons (Fsp3) is 0.500. The molecule has 0 rings (SSSR count). The molecule has 0 aliphatic carbocycles. The Balaban J connectivity index is 3.45. The van der Waals surface area contributed by atoms with Crippen molar-refractivity contribution in [3.63, 3.8) is 0 Å². The summed E-state index contributed by atoms with van der Waals surface area (Å²) in [4.78, 5) is 24.9. The Morgan fingerprint density at radius 3 is 2.62 bits per heavy atom. The van der Waals surface area contributed by atoms with Gasteiger partial charge in [0.15, 0.2) is 6.61 Å². The number of amides is 1. The third-order valence-corrected chi connectivity index (χ3v) is 1.35. The molecule has 0 atom stereocenters. The molecule has 88 valence electrons. The molecule has 0 unspecified atom stereocenters. The molecule has 16 heavy (non-hydrogen) atoms. The summed E-state index contributed by atoms with van der Waals surface area (Å²) in [5.41, 5.74) is 5.08. The Bertz CT molecular complexity index is 327. The summed E-state index contributed by atoms with van der Waals surface area (Å²) in [5, 5.41) is 0. The van der Waals surface area contributed by atoms with Crippen LogP contribution in [0.1, 0.15) is 13.3 Å². The lowest BCUT2D eigenvalue weighted by Crippen LogP contribution is -2.13. The van der Waals surface area contributed by atoms with Gasteiger partial charge >= 0.3 is 12.1 Å². The Morgan fingerprint density at radius 1 is 1.38 bits per heavy atom. The van der Waals surface area contributed by atoms with Crippen molar-refractivity contribution in [3.8, 4) is 6.07 Å². The minimum Gasteiger partial charge on any atom is -0.454 e. The number of esters is 1. The molecule has 2 N–H and O–H groups in total. The number of hydrogen-bond donors (Lipinski definition) is 1. The Hall–Kier alpha value is -2.03. The molecule has 0 aliphatic heterocycles. The first-order valence-electron chi connectivity index (χ1n) is 4.68. The van der Waals surface area contributed by atoms with Crippen LogP contribution in [0.5, 0.6) is 0 Å². The number of carbonyl (C=O) groups is 2. The number of hydrogen-bond acceptors (Lipinski definition) is 4. The maximum Gasteiger partial charge on any atom is 0.404 e. The highest BCUT2D eigenvalue weighted by atomic mass is 16.5. The Labute approximate surface area is 93.8 Å². The van der Waals surface area contributed by atoms with Crippen LogP contribution in [0, 0.1) is 6.07 Å². The topological polar surface area (TPSA) is 83.0 Å². The van der Waals surface area contributed by atoms with Gasteiger partial charge in [0.1, 0.15) is 13.0 Å². The Kier molecular flexibility index (Phi) is 7.24. The van der Waals surface area contributed by atoms with Crippen molar-refractivity contribution in [2.45, 2.75) is 13.3 Å². The van der Waals surface area contributed by atoms with E-state index in [0.29, 0.717) is 18.5 Å². The van der Waals surface area contributed by atoms with Crippen LogP contribution >= 0.6 is 0 Å². The predicted molar refractivity (Wildman–Crippen MR) is 58.0 cm³/mol. The number of carbonyl (C=O) groups excluding carboxylic acids is 2. The normalized spacial score (nSPS) is 8.56. The molecule has 0 saturated heterocycles. The zero-order valence-electron chi connectivity index (χ0n) is 9.19. The molecular weight excluding hydrogens is 212 g/mol. The van der Waals surface area contributed by atoms with E-state index < -0.39 is 12.1 Å². The van der Waals surface area contributed by atoms with Crippen LogP contribution in [0.25, 0.3) is 4.85 Å². The van der Waals surface area contributed by atoms with E-state index in [1.54, 1.807) is 6.92 Å². The zero-order valence-corrected chi connectivity index (χ0v) is 9.19. The second kappa shape index (κ2) is 8.29. The van der Waals surface area contributed by atoms with Crippen molar-refractivity contribution in [2.24, 2.45) is 5.73 Å². The summed E-state index contributed by atoms with van der Waals surface area (Å²) in [6, 6.07) is 2.62. The van der Waals surface area contributed by atoms with Crippen LogP contribution in [0.2, 0.25) is 0 Å². The zero-order chi connectivity index (χ0) is 12.4. The number of rotatable bonds is 5. The average molecular weight is 227 g/mol. The van der Waals surface area contributed by atoms with Crippen LogP contribution in [-0.2, 0) is 14.3 Å². The predicted octanol–water partition coefficient (Wildman–Crippen LogP) is 0.924. The van der Waals surface area contributed by atoms with E-state index in [4.69, 9.17) is 10.5 Å². The second-order valence-corrected chi connectivity index (χ2v) is 2.87. The van der Waals surface area contributed by atoms with Crippen LogP contribution in [0.4, 0.5) is 4.79 Å². The molecule has 0 fully saturated rings. The van der Waals surface area contributed by atoms with Gasteiger partial charge in [-0.25, -0.2) is 9.59 Å². The van der Waals surface area contributed by atoms with Gasteiger partial charge in [0.05, 0.1) is 0 Å². The lowest BCUT2D eigenvalue weighted by Gasteiger charge is -1.96. The molecular formula is C10H15N2O4+. The van der Waals surface area contributed by atoms with E-state index in [-0.39, 0.29) is 13.2 Å². The smallest absolute Gasteiger partial charge is 0.404 e. The SMILES string of the molecule is C=C(C)C(=O)OCC[N+]#CCCOC(N)=O. The van der Waals surface area contributed by atoms with Gasteiger partial charge in [-0.3, -0.25) is 0 Å². The van der Waals surface area contributed by atoms with Crippen molar-refractivity contribution < 1.29 is 19.1 Å². The third kappa shape index (κ3) is 8.56. The first kappa shape index (κ1) is 14.0. The molecule has 6 nitrogen and oxygen atoms in total. The molecule has 1 amide bonds. The molecule has 0 bridgehead atoms. The van der Waals surface area contributed by atoms with Gasteiger partial charge in [-0.05, 0) is 6.92 Å². The fourth-order valence-electron chi connectivity index (χ4n) is 0.663. The van der Waals surface area contributed by atoms with Gasteiger partial charge in [0, 0.05) is 5.57 Å². The fourth-order valence-corrected chi connectivity index (χ4v) is 0.663. The highest BCUT2D eigenvalue weighted by Crippen LogP contribution is 1.91. The quantitative estimate of drug-likeness (QED) is 0.430. The lowest BCUT2D eigenvalue weighted by atomic mass is 10.4. The van der Waals surface area contributed by atoms with Gasteiger partial charge in [0.25, 0.3) is 12.6 Å². The molecule has 0 aromatic rings. The monoisotopic (exact) mass is 227 g/mol. The van der Waals surface area contributed by atoms with E-state index in [0.717, 1.165) is 0 Å². The van der Waals surface area contributed by atoms with Crippen LogP contribution in [0.3, 0.4) is 0 Å². The van der Waals surface area contributed by atoms with E-state index in [1.807, 2.05) is 0 Å². The molecule has 0 heterocycles.